The van der Waals surface area contributed by atoms with E-state index < -0.39 is 0 Å². The summed E-state index contributed by atoms with van der Waals surface area (Å²) in [7, 11) is 0. The van der Waals surface area contributed by atoms with Crippen molar-refractivity contribution in [3.05, 3.63) is 18.2 Å². The first kappa shape index (κ1) is 14.7. The van der Waals surface area contributed by atoms with E-state index in [9.17, 15) is 4.79 Å². The molecule has 1 atom stereocenters. The van der Waals surface area contributed by atoms with Crippen LogP contribution in [0.3, 0.4) is 0 Å². The molecule has 2 N–H and O–H groups in total. The molecule has 0 aliphatic rings. The van der Waals surface area contributed by atoms with Crippen LogP contribution < -0.4 is 10.6 Å². The van der Waals surface area contributed by atoms with Gasteiger partial charge < -0.3 is 15.2 Å². The molecule has 5 nitrogen and oxygen atoms in total. The molecule has 0 fully saturated rings. The standard InChI is InChI=1S/C13H24N4O/c1-5-17-9-14-7-12(17)8-15-11(4)13(18)16-6-10(2)3/h7,9-11,15H,5-6,8H2,1-4H3,(H,16,18). The number of nitrogens with zero attached hydrogens (tertiary/aromatic N) is 2. The summed E-state index contributed by atoms with van der Waals surface area (Å²) in [6.45, 7) is 10.4. The minimum atomic E-state index is -0.191. The van der Waals surface area contributed by atoms with Crippen LogP contribution in [-0.4, -0.2) is 28.0 Å². The molecule has 0 saturated carbocycles. The molecule has 0 aromatic carbocycles. The van der Waals surface area contributed by atoms with Crippen molar-refractivity contribution < 1.29 is 4.79 Å². The van der Waals surface area contributed by atoms with Gasteiger partial charge in [-0.1, -0.05) is 13.8 Å². The van der Waals surface area contributed by atoms with Crippen LogP contribution in [0.15, 0.2) is 12.5 Å². The first-order chi connectivity index (χ1) is 8.54. The molecule has 0 aliphatic heterocycles. The maximum absolute atomic E-state index is 11.8. The van der Waals surface area contributed by atoms with E-state index in [1.807, 2.05) is 13.1 Å². The smallest absolute Gasteiger partial charge is 0.236 e. The molecule has 1 aromatic heterocycles. The van der Waals surface area contributed by atoms with Crippen LogP contribution in [0.25, 0.3) is 0 Å². The van der Waals surface area contributed by atoms with Crippen LogP contribution in [0.4, 0.5) is 0 Å². The molecule has 18 heavy (non-hydrogen) atoms. The lowest BCUT2D eigenvalue weighted by atomic mass is 10.2. The highest BCUT2D eigenvalue weighted by molar-refractivity contribution is 5.81. The van der Waals surface area contributed by atoms with E-state index in [-0.39, 0.29) is 11.9 Å². The first-order valence-electron chi connectivity index (χ1n) is 6.54. The predicted octanol–water partition coefficient (Wildman–Crippen LogP) is 1.15. The molecule has 5 heteroatoms. The molecule has 1 heterocycles. The Morgan fingerprint density at radius 2 is 2.17 bits per heavy atom. The van der Waals surface area contributed by atoms with Gasteiger partial charge >= 0.3 is 0 Å². The van der Waals surface area contributed by atoms with Crippen LogP contribution in [0, 0.1) is 5.92 Å². The summed E-state index contributed by atoms with van der Waals surface area (Å²) in [5.41, 5.74) is 1.10. The molecule has 0 aliphatic carbocycles. The third-order valence-electron chi connectivity index (χ3n) is 2.81. The number of nitrogens with one attached hydrogen (secondary N) is 2. The molecule has 1 unspecified atom stereocenters. The number of carbonyl (C=O) groups is 1. The monoisotopic (exact) mass is 252 g/mol. The topological polar surface area (TPSA) is 59.0 Å². The lowest BCUT2D eigenvalue weighted by Gasteiger charge is -2.15. The molecule has 102 valence electrons. The minimum Gasteiger partial charge on any atom is -0.354 e. The second-order valence-electron chi connectivity index (χ2n) is 4.91. The summed E-state index contributed by atoms with van der Waals surface area (Å²) in [5, 5.41) is 6.13. The lowest BCUT2D eigenvalue weighted by molar-refractivity contribution is -0.122. The molecule has 0 saturated heterocycles. The molecule has 0 spiro atoms. The Labute approximate surface area is 109 Å². The summed E-state index contributed by atoms with van der Waals surface area (Å²) < 4.78 is 2.06. The van der Waals surface area contributed by atoms with Crippen LogP contribution in [0.1, 0.15) is 33.4 Å². The third kappa shape index (κ3) is 4.49. The van der Waals surface area contributed by atoms with Crippen LogP contribution in [0.2, 0.25) is 0 Å². The number of imidazole rings is 1. The highest BCUT2D eigenvalue weighted by Crippen LogP contribution is 1.99. The second kappa shape index (κ2) is 7.16. The van der Waals surface area contributed by atoms with Crippen LogP contribution in [0.5, 0.6) is 0 Å². The number of hydrogen-bond acceptors (Lipinski definition) is 3. The number of rotatable bonds is 7. The van der Waals surface area contributed by atoms with Crippen LogP contribution in [-0.2, 0) is 17.9 Å². The average Bonchev–Trinajstić information content (AvgIpc) is 2.80. The summed E-state index contributed by atoms with van der Waals surface area (Å²) in [6, 6.07) is -0.191. The van der Waals surface area contributed by atoms with Crippen molar-refractivity contribution in [2.24, 2.45) is 5.92 Å². The highest BCUT2D eigenvalue weighted by Gasteiger charge is 2.12. The Balaban J connectivity index is 2.36. The van der Waals surface area contributed by atoms with E-state index in [1.165, 1.54) is 0 Å². The zero-order valence-corrected chi connectivity index (χ0v) is 11.7. The molecule has 0 radical (unpaired) electrons. The van der Waals surface area contributed by atoms with Gasteiger partial charge in [-0.05, 0) is 19.8 Å². The van der Waals surface area contributed by atoms with Gasteiger partial charge in [0.1, 0.15) is 0 Å². The summed E-state index contributed by atoms with van der Waals surface area (Å²) in [4.78, 5) is 15.9. The number of aromatic nitrogens is 2. The highest BCUT2D eigenvalue weighted by atomic mass is 16.2. The molecule has 1 amide bonds. The van der Waals surface area contributed by atoms with Crippen molar-refractivity contribution in [2.75, 3.05) is 6.54 Å². The van der Waals surface area contributed by atoms with Gasteiger partial charge in [-0.2, -0.15) is 0 Å². The molecule has 0 bridgehead atoms. The fourth-order valence-corrected chi connectivity index (χ4v) is 1.59. The van der Waals surface area contributed by atoms with Crippen molar-refractivity contribution in [1.29, 1.82) is 0 Å². The second-order valence-corrected chi connectivity index (χ2v) is 4.91. The summed E-state index contributed by atoms with van der Waals surface area (Å²) >= 11 is 0. The Bertz CT molecular complexity index is 373. The quantitative estimate of drug-likeness (QED) is 0.765. The van der Waals surface area contributed by atoms with Crippen LogP contribution >= 0.6 is 0 Å². The summed E-state index contributed by atoms with van der Waals surface area (Å²) in [6.07, 6.45) is 3.63. The Morgan fingerprint density at radius 3 is 2.78 bits per heavy atom. The maximum atomic E-state index is 11.8. The van der Waals surface area contributed by atoms with Gasteiger partial charge in [-0.3, -0.25) is 4.79 Å². The Kier molecular flexibility index (Phi) is 5.85. The molecular weight excluding hydrogens is 228 g/mol. The van der Waals surface area contributed by atoms with Crippen molar-refractivity contribution in [2.45, 2.75) is 46.8 Å². The summed E-state index contributed by atoms with van der Waals surface area (Å²) in [5.74, 6) is 0.522. The van der Waals surface area contributed by atoms with Crippen molar-refractivity contribution in [3.63, 3.8) is 0 Å². The van der Waals surface area contributed by atoms with Gasteiger partial charge in [0.25, 0.3) is 0 Å². The van der Waals surface area contributed by atoms with Crippen molar-refractivity contribution in [1.82, 2.24) is 20.2 Å². The van der Waals surface area contributed by atoms with E-state index in [4.69, 9.17) is 0 Å². The fourth-order valence-electron chi connectivity index (χ4n) is 1.59. The Hall–Kier alpha value is -1.36. The molecule has 1 rings (SSSR count). The maximum Gasteiger partial charge on any atom is 0.236 e. The number of amides is 1. The van der Waals surface area contributed by atoms with E-state index in [1.54, 1.807) is 6.33 Å². The van der Waals surface area contributed by atoms with E-state index >= 15 is 0 Å². The van der Waals surface area contributed by atoms with Gasteiger partial charge in [-0.25, -0.2) is 4.98 Å². The SMILES string of the molecule is CCn1cncc1CNC(C)C(=O)NCC(C)C. The average molecular weight is 252 g/mol. The van der Waals surface area contributed by atoms with Gasteiger partial charge in [0, 0.05) is 25.8 Å². The Morgan fingerprint density at radius 1 is 1.44 bits per heavy atom. The van der Waals surface area contributed by atoms with Crippen molar-refractivity contribution >= 4 is 5.91 Å². The molecular formula is C13H24N4O. The van der Waals surface area contributed by atoms with E-state index in [0.717, 1.165) is 18.8 Å². The van der Waals surface area contributed by atoms with E-state index in [0.29, 0.717) is 12.5 Å². The normalized spacial score (nSPS) is 12.7. The van der Waals surface area contributed by atoms with E-state index in [2.05, 4.69) is 41.0 Å². The first-order valence-corrected chi connectivity index (χ1v) is 6.54. The number of carbonyl (C=O) groups excluding carboxylic acids is 1. The third-order valence-corrected chi connectivity index (χ3v) is 2.81. The van der Waals surface area contributed by atoms with Gasteiger partial charge in [-0.15, -0.1) is 0 Å². The largest absolute Gasteiger partial charge is 0.354 e. The number of hydrogen-bond donors (Lipinski definition) is 2. The zero-order valence-electron chi connectivity index (χ0n) is 11.7. The van der Waals surface area contributed by atoms with Crippen molar-refractivity contribution in [3.8, 4) is 0 Å². The predicted molar refractivity (Wildman–Crippen MR) is 72.1 cm³/mol. The fraction of sp³-hybridized carbons (Fsp3) is 0.692. The number of aryl methyl sites for hydroxylation is 1. The zero-order chi connectivity index (χ0) is 13.5. The van der Waals surface area contributed by atoms with Gasteiger partial charge in [0.2, 0.25) is 5.91 Å². The van der Waals surface area contributed by atoms with Gasteiger partial charge in [0.15, 0.2) is 0 Å². The van der Waals surface area contributed by atoms with Gasteiger partial charge in [0.05, 0.1) is 18.1 Å². The minimum absolute atomic E-state index is 0.0475. The molecule has 1 aromatic rings. The lowest BCUT2D eigenvalue weighted by Crippen LogP contribution is -2.43.